The summed E-state index contributed by atoms with van der Waals surface area (Å²) in [5.74, 6) is 0.572. The lowest BCUT2D eigenvalue weighted by molar-refractivity contribution is 0.00741. The molecule has 2 aliphatic rings. The van der Waals surface area contributed by atoms with Crippen molar-refractivity contribution in [2.45, 2.75) is 57.5 Å². The van der Waals surface area contributed by atoms with Crippen LogP contribution in [-0.4, -0.2) is 61.5 Å². The number of hydrogen-bond donors (Lipinski definition) is 2. The van der Waals surface area contributed by atoms with Crippen LogP contribution in [0.15, 0.2) is 0 Å². The molecule has 2 N–H and O–H groups in total. The van der Waals surface area contributed by atoms with E-state index in [0.29, 0.717) is 18.0 Å². The highest BCUT2D eigenvalue weighted by Crippen LogP contribution is 2.25. The van der Waals surface area contributed by atoms with Gasteiger partial charge in [0.05, 0.1) is 13.2 Å². The molecule has 20 heavy (non-hydrogen) atoms. The molecule has 0 bridgehead atoms. The summed E-state index contributed by atoms with van der Waals surface area (Å²) in [4.78, 5) is 2.52. The quantitative estimate of drug-likeness (QED) is 0.711. The molecule has 0 aromatic rings. The Hall–Kier alpha value is -0.160. The number of nitrogens with zero attached hydrogens (tertiary/aromatic N) is 1. The molecule has 1 heterocycles. The number of hydrogen-bond acceptors (Lipinski definition) is 4. The van der Waals surface area contributed by atoms with Gasteiger partial charge in [0.1, 0.15) is 0 Å². The van der Waals surface area contributed by atoms with Gasteiger partial charge in [-0.15, -0.1) is 0 Å². The molecule has 4 nitrogen and oxygen atoms in total. The fraction of sp³-hybridized carbons (Fsp3) is 1.00. The minimum Gasteiger partial charge on any atom is -0.395 e. The Morgan fingerprint density at radius 3 is 2.75 bits per heavy atom. The molecule has 4 heteroatoms. The van der Waals surface area contributed by atoms with E-state index in [-0.39, 0.29) is 6.61 Å². The van der Waals surface area contributed by atoms with Gasteiger partial charge in [0.15, 0.2) is 0 Å². The average Bonchev–Trinajstić information content (AvgIpc) is 3.00. The van der Waals surface area contributed by atoms with Crippen molar-refractivity contribution in [2.75, 3.05) is 39.5 Å². The zero-order valence-corrected chi connectivity index (χ0v) is 13.0. The number of rotatable bonds is 8. The number of aliphatic hydroxyl groups is 1. The molecule has 118 valence electrons. The maximum Gasteiger partial charge on any atom is 0.0558 e. The average molecular weight is 284 g/mol. The van der Waals surface area contributed by atoms with Crippen molar-refractivity contribution in [2.24, 2.45) is 5.92 Å². The number of nitrogens with one attached hydrogen (secondary N) is 1. The summed E-state index contributed by atoms with van der Waals surface area (Å²) in [6.07, 6.45) is 7.63. The summed E-state index contributed by atoms with van der Waals surface area (Å²) in [6, 6.07) is 1.28. The van der Waals surface area contributed by atoms with Crippen LogP contribution < -0.4 is 5.32 Å². The predicted molar refractivity (Wildman–Crippen MR) is 81.9 cm³/mol. The topological polar surface area (TPSA) is 44.7 Å². The first-order valence-electron chi connectivity index (χ1n) is 8.51. The minimum atomic E-state index is 0.275. The maximum absolute atomic E-state index is 9.35. The van der Waals surface area contributed by atoms with Crippen molar-refractivity contribution in [1.82, 2.24) is 10.2 Å². The van der Waals surface area contributed by atoms with Crippen molar-refractivity contribution in [3.05, 3.63) is 0 Å². The Morgan fingerprint density at radius 1 is 1.25 bits per heavy atom. The molecule has 2 fully saturated rings. The number of aliphatic hydroxyl groups excluding tert-OH is 1. The van der Waals surface area contributed by atoms with Crippen LogP contribution in [0.5, 0.6) is 0 Å². The van der Waals surface area contributed by atoms with Crippen LogP contribution >= 0.6 is 0 Å². The second-order valence-electron chi connectivity index (χ2n) is 6.34. The molecular weight excluding hydrogens is 252 g/mol. The van der Waals surface area contributed by atoms with Crippen molar-refractivity contribution < 1.29 is 9.84 Å². The van der Waals surface area contributed by atoms with Gasteiger partial charge in [-0.25, -0.2) is 0 Å². The molecule has 2 atom stereocenters. The Labute approximate surface area is 123 Å². The first-order chi connectivity index (χ1) is 9.85. The molecule has 2 unspecified atom stereocenters. The van der Waals surface area contributed by atoms with Crippen LogP contribution in [0.2, 0.25) is 0 Å². The summed E-state index contributed by atoms with van der Waals surface area (Å²) < 4.78 is 5.70. The Morgan fingerprint density at radius 2 is 2.05 bits per heavy atom. The second-order valence-corrected chi connectivity index (χ2v) is 6.34. The lowest BCUT2D eigenvalue weighted by Gasteiger charge is -2.38. The van der Waals surface area contributed by atoms with Gasteiger partial charge in [0.25, 0.3) is 0 Å². The highest BCUT2D eigenvalue weighted by atomic mass is 16.5. The summed E-state index contributed by atoms with van der Waals surface area (Å²) in [7, 11) is 0. The van der Waals surface area contributed by atoms with Crippen LogP contribution in [0, 0.1) is 5.92 Å². The van der Waals surface area contributed by atoms with Crippen molar-refractivity contribution in [3.8, 4) is 0 Å². The van der Waals surface area contributed by atoms with E-state index in [1.165, 1.54) is 32.1 Å². The predicted octanol–water partition coefficient (Wildman–Crippen LogP) is 1.63. The Bertz CT molecular complexity index is 257. The van der Waals surface area contributed by atoms with E-state index in [1.807, 2.05) is 0 Å². The highest BCUT2D eigenvalue weighted by molar-refractivity contribution is 4.85. The van der Waals surface area contributed by atoms with Gasteiger partial charge in [0.2, 0.25) is 0 Å². The van der Waals surface area contributed by atoms with Crippen LogP contribution in [-0.2, 0) is 4.74 Å². The normalized spacial score (nSPS) is 28.4. The van der Waals surface area contributed by atoms with E-state index in [2.05, 4.69) is 17.1 Å². The van der Waals surface area contributed by atoms with Gasteiger partial charge in [-0.05, 0) is 32.2 Å². The SMILES string of the molecule is CCCNC1CCOCC1CN(CCO)C1CCCC1. The van der Waals surface area contributed by atoms with Crippen molar-refractivity contribution in [1.29, 1.82) is 0 Å². The van der Waals surface area contributed by atoms with Crippen LogP contribution in [0.25, 0.3) is 0 Å². The van der Waals surface area contributed by atoms with E-state index in [9.17, 15) is 5.11 Å². The van der Waals surface area contributed by atoms with E-state index < -0.39 is 0 Å². The molecule has 1 aliphatic carbocycles. The van der Waals surface area contributed by atoms with Gasteiger partial charge in [0, 0.05) is 37.7 Å². The molecule has 0 aromatic carbocycles. The summed E-state index contributed by atoms with van der Waals surface area (Å²) >= 11 is 0. The fourth-order valence-corrected chi connectivity index (χ4v) is 3.70. The fourth-order valence-electron chi connectivity index (χ4n) is 3.70. The third-order valence-electron chi connectivity index (χ3n) is 4.83. The highest BCUT2D eigenvalue weighted by Gasteiger charge is 2.30. The summed E-state index contributed by atoms with van der Waals surface area (Å²) in [5.41, 5.74) is 0. The second kappa shape index (κ2) is 8.98. The maximum atomic E-state index is 9.35. The zero-order chi connectivity index (χ0) is 14.2. The van der Waals surface area contributed by atoms with Crippen LogP contribution in [0.4, 0.5) is 0 Å². The molecule has 0 aromatic heterocycles. The molecule has 1 saturated heterocycles. The van der Waals surface area contributed by atoms with Gasteiger partial charge >= 0.3 is 0 Å². The third kappa shape index (κ3) is 4.69. The largest absolute Gasteiger partial charge is 0.395 e. The lowest BCUT2D eigenvalue weighted by atomic mass is 9.94. The third-order valence-corrected chi connectivity index (χ3v) is 4.83. The van der Waals surface area contributed by atoms with Gasteiger partial charge in [-0.3, -0.25) is 4.90 Å². The smallest absolute Gasteiger partial charge is 0.0558 e. The first-order valence-corrected chi connectivity index (χ1v) is 8.51. The monoisotopic (exact) mass is 284 g/mol. The van der Waals surface area contributed by atoms with Crippen LogP contribution in [0.3, 0.4) is 0 Å². The van der Waals surface area contributed by atoms with E-state index >= 15 is 0 Å². The van der Waals surface area contributed by atoms with Gasteiger partial charge in [-0.1, -0.05) is 19.8 Å². The molecule has 0 amide bonds. The molecule has 0 radical (unpaired) electrons. The first kappa shape index (κ1) is 16.2. The molecule has 1 saturated carbocycles. The minimum absolute atomic E-state index is 0.275. The van der Waals surface area contributed by atoms with E-state index in [4.69, 9.17) is 4.74 Å². The van der Waals surface area contributed by atoms with Gasteiger partial charge < -0.3 is 15.2 Å². The molecule has 0 spiro atoms. The Balaban J connectivity index is 1.88. The summed E-state index contributed by atoms with van der Waals surface area (Å²) in [6.45, 7) is 7.26. The molecule has 2 rings (SSSR count). The van der Waals surface area contributed by atoms with E-state index in [0.717, 1.165) is 39.3 Å². The van der Waals surface area contributed by atoms with Crippen molar-refractivity contribution >= 4 is 0 Å². The summed E-state index contributed by atoms with van der Waals surface area (Å²) in [5, 5.41) is 13.0. The molecule has 1 aliphatic heterocycles. The number of ether oxygens (including phenoxy) is 1. The zero-order valence-electron chi connectivity index (χ0n) is 13.0. The van der Waals surface area contributed by atoms with Gasteiger partial charge in [-0.2, -0.15) is 0 Å². The standard InChI is InChI=1S/C16H32N2O2/c1-2-8-17-16-7-11-20-13-14(16)12-18(9-10-19)15-5-3-4-6-15/h14-17,19H,2-13H2,1H3. The van der Waals surface area contributed by atoms with E-state index in [1.54, 1.807) is 0 Å². The lowest BCUT2D eigenvalue weighted by Crippen LogP contribution is -2.50. The Kier molecular flexibility index (Phi) is 7.28. The molecular formula is C16H32N2O2. The van der Waals surface area contributed by atoms with Crippen molar-refractivity contribution in [3.63, 3.8) is 0 Å². The van der Waals surface area contributed by atoms with Crippen LogP contribution in [0.1, 0.15) is 45.4 Å².